The Morgan fingerprint density at radius 3 is 2.17 bits per heavy atom. The molecule has 0 atom stereocenters. The second kappa shape index (κ2) is 7.29. The van der Waals surface area contributed by atoms with E-state index in [1.54, 1.807) is 29.2 Å². The summed E-state index contributed by atoms with van der Waals surface area (Å²) < 4.78 is 26.9. The first kappa shape index (κ1) is 19.4. The summed E-state index contributed by atoms with van der Waals surface area (Å²) in [5, 5.41) is 8.78. The van der Waals surface area contributed by atoms with Crippen molar-refractivity contribution in [3.8, 4) is 6.07 Å². The van der Waals surface area contributed by atoms with Crippen LogP contribution in [0.1, 0.15) is 26.3 Å². The van der Waals surface area contributed by atoms with Crippen LogP contribution < -0.4 is 16.4 Å². The number of hydrogen-bond donors (Lipinski definition) is 3. The SMILES string of the molecule is CC1(C)N=C(N)N=C(N)N1c1ccc(C#N)cc1.CCS(=O)(=O)O. The molecule has 24 heavy (non-hydrogen) atoms. The fourth-order valence-corrected chi connectivity index (χ4v) is 1.94. The number of anilines is 1. The Morgan fingerprint density at radius 1 is 1.29 bits per heavy atom. The fraction of sp³-hybridized carbons (Fsp3) is 0.357. The van der Waals surface area contributed by atoms with Crippen molar-refractivity contribution in [2.45, 2.75) is 26.4 Å². The lowest BCUT2D eigenvalue weighted by atomic mass is 10.1. The van der Waals surface area contributed by atoms with Crippen LogP contribution in [0.2, 0.25) is 0 Å². The highest BCUT2D eigenvalue weighted by Crippen LogP contribution is 2.27. The van der Waals surface area contributed by atoms with E-state index in [0.29, 0.717) is 5.56 Å². The lowest BCUT2D eigenvalue weighted by molar-refractivity contribution is 0.484. The molecule has 1 aliphatic heterocycles. The Labute approximate surface area is 141 Å². The minimum absolute atomic E-state index is 0.169. The van der Waals surface area contributed by atoms with Crippen LogP contribution >= 0.6 is 0 Å². The zero-order chi connectivity index (χ0) is 18.5. The standard InChI is InChI=1S/C12H14N6.C2H6O3S/c1-12(2)17-10(14)16-11(15)18(12)9-5-3-8(7-13)4-6-9;1-2-6(3,4)5/h3-6H,1-2H3,(H4,14,15,16,17);2H2,1H3,(H,3,4,5). The zero-order valence-electron chi connectivity index (χ0n) is 13.6. The quantitative estimate of drug-likeness (QED) is 0.658. The van der Waals surface area contributed by atoms with Crippen molar-refractivity contribution in [3.05, 3.63) is 29.8 Å². The topological polar surface area (TPSA) is 158 Å². The van der Waals surface area contributed by atoms with Crippen LogP contribution in [0.25, 0.3) is 0 Å². The number of rotatable bonds is 2. The Balaban J connectivity index is 0.000000413. The van der Waals surface area contributed by atoms with Gasteiger partial charge in [-0.05, 0) is 45.0 Å². The molecule has 0 aliphatic carbocycles. The predicted octanol–water partition coefficient (Wildman–Crippen LogP) is 0.638. The maximum Gasteiger partial charge on any atom is 0.264 e. The number of aliphatic imine (C=N–C) groups is 2. The third-order valence-corrected chi connectivity index (χ3v) is 3.74. The molecule has 1 heterocycles. The van der Waals surface area contributed by atoms with E-state index in [0.717, 1.165) is 5.69 Å². The molecule has 2 rings (SSSR count). The average molecular weight is 352 g/mol. The third-order valence-electron chi connectivity index (χ3n) is 3.01. The molecule has 130 valence electrons. The molecule has 1 aliphatic rings. The second-order valence-electron chi connectivity index (χ2n) is 5.30. The molecule has 0 saturated heterocycles. The van der Waals surface area contributed by atoms with E-state index in [2.05, 4.69) is 16.1 Å². The second-order valence-corrected chi connectivity index (χ2v) is 7.04. The van der Waals surface area contributed by atoms with Crippen molar-refractivity contribution in [2.75, 3.05) is 10.7 Å². The van der Waals surface area contributed by atoms with Gasteiger partial charge in [0.05, 0.1) is 17.4 Å². The van der Waals surface area contributed by atoms with Gasteiger partial charge in [-0.25, -0.2) is 4.99 Å². The molecule has 0 spiro atoms. The molecule has 0 amide bonds. The van der Waals surface area contributed by atoms with Gasteiger partial charge in [-0.2, -0.15) is 18.7 Å². The summed E-state index contributed by atoms with van der Waals surface area (Å²) in [5.74, 6) is 0.257. The van der Waals surface area contributed by atoms with Gasteiger partial charge >= 0.3 is 0 Å². The van der Waals surface area contributed by atoms with Crippen molar-refractivity contribution >= 4 is 27.7 Å². The monoisotopic (exact) mass is 352 g/mol. The Morgan fingerprint density at radius 2 is 1.79 bits per heavy atom. The molecular formula is C14H20N6O3S. The largest absolute Gasteiger partial charge is 0.369 e. The highest BCUT2D eigenvalue weighted by molar-refractivity contribution is 7.85. The summed E-state index contributed by atoms with van der Waals surface area (Å²) >= 11 is 0. The van der Waals surface area contributed by atoms with Crippen LogP contribution in [-0.4, -0.2) is 36.3 Å². The summed E-state index contributed by atoms with van der Waals surface area (Å²) in [7, 11) is -3.66. The zero-order valence-corrected chi connectivity index (χ0v) is 14.4. The Hall–Kier alpha value is -2.64. The van der Waals surface area contributed by atoms with E-state index >= 15 is 0 Å². The molecule has 1 aromatic carbocycles. The number of guanidine groups is 2. The Kier molecular flexibility index (Phi) is 5.89. The maximum atomic E-state index is 9.56. The van der Waals surface area contributed by atoms with E-state index in [1.165, 1.54) is 6.92 Å². The minimum Gasteiger partial charge on any atom is -0.369 e. The summed E-state index contributed by atoms with van der Waals surface area (Å²) in [6, 6.07) is 9.12. The summed E-state index contributed by atoms with van der Waals surface area (Å²) in [5.41, 5.74) is 12.3. The van der Waals surface area contributed by atoms with Crippen LogP contribution in [-0.2, 0) is 10.1 Å². The maximum absolute atomic E-state index is 9.56. The summed E-state index contributed by atoms with van der Waals surface area (Å²) in [6.07, 6.45) is 0. The number of nitriles is 1. The molecule has 10 heteroatoms. The first-order chi connectivity index (χ1) is 11.0. The summed E-state index contributed by atoms with van der Waals surface area (Å²) in [4.78, 5) is 9.98. The highest BCUT2D eigenvalue weighted by Gasteiger charge is 2.32. The molecular weight excluding hydrogens is 332 g/mol. The van der Waals surface area contributed by atoms with Crippen molar-refractivity contribution in [1.29, 1.82) is 5.26 Å². The molecule has 0 saturated carbocycles. The van der Waals surface area contributed by atoms with Crippen LogP contribution in [0.3, 0.4) is 0 Å². The van der Waals surface area contributed by atoms with Gasteiger partial charge in [0.2, 0.25) is 11.9 Å². The smallest absolute Gasteiger partial charge is 0.264 e. The van der Waals surface area contributed by atoms with Crippen molar-refractivity contribution in [1.82, 2.24) is 0 Å². The first-order valence-electron chi connectivity index (χ1n) is 6.95. The van der Waals surface area contributed by atoms with Gasteiger partial charge in [0, 0.05) is 5.69 Å². The molecule has 0 radical (unpaired) electrons. The number of benzene rings is 1. The molecule has 9 nitrogen and oxygen atoms in total. The number of hydrogen-bond acceptors (Lipinski definition) is 8. The normalized spacial score (nSPS) is 16.2. The molecule has 0 unspecified atom stereocenters. The van der Waals surface area contributed by atoms with Gasteiger partial charge in [-0.3, -0.25) is 9.45 Å². The minimum atomic E-state index is -3.66. The lowest BCUT2D eigenvalue weighted by Gasteiger charge is -2.38. The van der Waals surface area contributed by atoms with Gasteiger partial charge in [0.25, 0.3) is 10.1 Å². The Bertz CT molecular complexity index is 791. The van der Waals surface area contributed by atoms with E-state index in [9.17, 15) is 8.42 Å². The number of nitrogens with two attached hydrogens (primary N) is 2. The summed E-state index contributed by atoms with van der Waals surface area (Å²) in [6.45, 7) is 5.15. The molecule has 5 N–H and O–H groups in total. The van der Waals surface area contributed by atoms with Crippen LogP contribution in [0.5, 0.6) is 0 Å². The highest BCUT2D eigenvalue weighted by atomic mass is 32.2. The predicted molar refractivity (Wildman–Crippen MR) is 93.0 cm³/mol. The molecule has 1 aromatic rings. The fourth-order valence-electron chi connectivity index (χ4n) is 1.94. The van der Waals surface area contributed by atoms with Crippen molar-refractivity contribution in [3.63, 3.8) is 0 Å². The first-order valence-corrected chi connectivity index (χ1v) is 8.56. The average Bonchev–Trinajstić information content (AvgIpc) is 2.46. The third kappa shape index (κ3) is 5.22. The van der Waals surface area contributed by atoms with Crippen LogP contribution in [0.4, 0.5) is 5.69 Å². The molecule has 0 bridgehead atoms. The lowest BCUT2D eigenvalue weighted by Crippen LogP contribution is -2.54. The van der Waals surface area contributed by atoms with Gasteiger partial charge in [0.1, 0.15) is 5.66 Å². The van der Waals surface area contributed by atoms with E-state index < -0.39 is 15.8 Å². The van der Waals surface area contributed by atoms with Crippen LogP contribution in [0, 0.1) is 11.3 Å². The van der Waals surface area contributed by atoms with E-state index in [1.807, 2.05) is 13.8 Å². The van der Waals surface area contributed by atoms with E-state index in [4.69, 9.17) is 21.3 Å². The van der Waals surface area contributed by atoms with Gasteiger partial charge in [-0.15, -0.1) is 0 Å². The van der Waals surface area contributed by atoms with Crippen molar-refractivity contribution in [2.24, 2.45) is 21.5 Å². The molecule has 0 aromatic heterocycles. The van der Waals surface area contributed by atoms with Crippen molar-refractivity contribution < 1.29 is 13.0 Å². The van der Waals surface area contributed by atoms with E-state index in [-0.39, 0.29) is 17.7 Å². The van der Waals surface area contributed by atoms with Crippen LogP contribution in [0.15, 0.2) is 34.3 Å². The van der Waals surface area contributed by atoms with Gasteiger partial charge in [-0.1, -0.05) is 0 Å². The van der Waals surface area contributed by atoms with Gasteiger partial charge < -0.3 is 11.5 Å². The van der Waals surface area contributed by atoms with Gasteiger partial charge in [0.15, 0.2) is 0 Å². The molecule has 0 fully saturated rings. The number of nitrogens with zero attached hydrogens (tertiary/aromatic N) is 4.